The highest BCUT2D eigenvalue weighted by Gasteiger charge is 2.19. The van der Waals surface area contributed by atoms with Crippen LogP contribution in [0.4, 0.5) is 5.82 Å². The van der Waals surface area contributed by atoms with Crippen LogP contribution in [-0.4, -0.2) is 22.6 Å². The normalized spacial score (nSPS) is 12.5. The van der Waals surface area contributed by atoms with E-state index in [1.807, 2.05) is 0 Å². The molecule has 0 amide bonds. The molecule has 0 bridgehead atoms. The number of anilines is 1. The predicted molar refractivity (Wildman–Crippen MR) is 65.2 cm³/mol. The van der Waals surface area contributed by atoms with Crippen molar-refractivity contribution in [2.75, 3.05) is 11.9 Å². The number of rotatable bonds is 3. The molecule has 2 rings (SSSR count). The predicted octanol–water partition coefficient (Wildman–Crippen LogP) is 1.70. The third-order valence-electron chi connectivity index (χ3n) is 2.80. The number of pyridine rings is 1. The van der Waals surface area contributed by atoms with Crippen molar-refractivity contribution in [3.8, 4) is 11.8 Å². The second kappa shape index (κ2) is 4.88. The van der Waals surface area contributed by atoms with E-state index in [2.05, 4.69) is 22.1 Å². The number of aryl methyl sites for hydroxylation is 2. The zero-order chi connectivity index (χ0) is 12.3. The first-order valence-electron chi connectivity index (χ1n) is 5.62. The summed E-state index contributed by atoms with van der Waals surface area (Å²) in [4.78, 5) is 15.5. The maximum absolute atomic E-state index is 11.1. The van der Waals surface area contributed by atoms with E-state index in [1.165, 1.54) is 0 Å². The van der Waals surface area contributed by atoms with Crippen LogP contribution in [0.1, 0.15) is 35.0 Å². The summed E-state index contributed by atoms with van der Waals surface area (Å²) in [6.45, 7) is 2.17. The minimum absolute atomic E-state index is 0.239. The molecule has 4 heteroatoms. The van der Waals surface area contributed by atoms with Crippen LogP contribution < -0.4 is 5.32 Å². The number of hydrogen-bond acceptors (Lipinski definition) is 3. The number of fused-ring (bicyclic) bond motifs is 1. The largest absolute Gasteiger partial charge is 0.478 e. The number of aromatic nitrogens is 1. The van der Waals surface area contributed by atoms with Crippen molar-refractivity contribution < 1.29 is 9.90 Å². The average molecular weight is 230 g/mol. The van der Waals surface area contributed by atoms with Crippen LogP contribution >= 0.6 is 0 Å². The number of aromatic carboxylic acids is 1. The lowest BCUT2D eigenvalue weighted by molar-refractivity contribution is 0.0697. The van der Waals surface area contributed by atoms with Gasteiger partial charge < -0.3 is 10.4 Å². The summed E-state index contributed by atoms with van der Waals surface area (Å²) in [5, 5.41) is 12.1. The van der Waals surface area contributed by atoms with Crippen molar-refractivity contribution in [1.29, 1.82) is 0 Å². The van der Waals surface area contributed by atoms with Crippen LogP contribution in [0.5, 0.6) is 0 Å². The summed E-state index contributed by atoms with van der Waals surface area (Å²) in [5.74, 6) is 5.07. The summed E-state index contributed by atoms with van der Waals surface area (Å²) < 4.78 is 0. The van der Waals surface area contributed by atoms with Gasteiger partial charge >= 0.3 is 5.97 Å². The second-order valence-corrected chi connectivity index (χ2v) is 3.93. The standard InChI is InChI=1S/C13H14N2O2/c1-2-3-7-14-12-10(13(16)17)8-9-5-4-6-11(9)15-12/h8H,4-7H2,1H3,(H,14,15)(H,16,17). The van der Waals surface area contributed by atoms with Crippen molar-refractivity contribution in [2.24, 2.45) is 0 Å². The first-order valence-corrected chi connectivity index (χ1v) is 5.62. The number of nitrogens with zero attached hydrogens (tertiary/aromatic N) is 1. The minimum Gasteiger partial charge on any atom is -0.478 e. The molecule has 1 heterocycles. The first kappa shape index (κ1) is 11.5. The topological polar surface area (TPSA) is 62.2 Å². The molecule has 0 aromatic carbocycles. The van der Waals surface area contributed by atoms with Crippen molar-refractivity contribution >= 4 is 11.8 Å². The quantitative estimate of drug-likeness (QED) is 0.776. The molecule has 0 fully saturated rings. The lowest BCUT2D eigenvalue weighted by atomic mass is 10.1. The maximum Gasteiger partial charge on any atom is 0.339 e. The number of carboxylic acids is 1. The lowest BCUT2D eigenvalue weighted by Crippen LogP contribution is -2.10. The van der Waals surface area contributed by atoms with E-state index in [9.17, 15) is 4.79 Å². The monoisotopic (exact) mass is 230 g/mol. The highest BCUT2D eigenvalue weighted by molar-refractivity contribution is 5.93. The Morgan fingerprint density at radius 2 is 2.41 bits per heavy atom. The van der Waals surface area contributed by atoms with E-state index in [0.29, 0.717) is 12.4 Å². The molecule has 1 aliphatic carbocycles. The van der Waals surface area contributed by atoms with E-state index in [0.717, 1.165) is 30.5 Å². The van der Waals surface area contributed by atoms with Gasteiger partial charge in [0.15, 0.2) is 0 Å². The molecule has 0 aliphatic heterocycles. The Balaban J connectivity index is 2.33. The zero-order valence-electron chi connectivity index (χ0n) is 9.71. The van der Waals surface area contributed by atoms with Gasteiger partial charge in [0.05, 0.1) is 6.54 Å². The number of carboxylic acid groups (broad SMARTS) is 1. The SMILES string of the molecule is CC#CCNc1nc2c(cc1C(=O)O)CCC2. The molecule has 4 nitrogen and oxygen atoms in total. The van der Waals surface area contributed by atoms with Crippen molar-refractivity contribution in [3.63, 3.8) is 0 Å². The molecule has 1 aromatic rings. The smallest absolute Gasteiger partial charge is 0.339 e. The Labute approximate surface area is 100 Å². The van der Waals surface area contributed by atoms with Crippen LogP contribution in [0.15, 0.2) is 6.07 Å². The molecule has 0 saturated carbocycles. The summed E-state index contributed by atoms with van der Waals surface area (Å²) in [5.41, 5.74) is 2.32. The van der Waals surface area contributed by atoms with E-state index in [-0.39, 0.29) is 5.56 Å². The van der Waals surface area contributed by atoms with E-state index < -0.39 is 5.97 Å². The minimum atomic E-state index is -0.945. The van der Waals surface area contributed by atoms with Gasteiger partial charge in [-0.3, -0.25) is 0 Å². The molecule has 0 radical (unpaired) electrons. The molecule has 0 unspecified atom stereocenters. The van der Waals surface area contributed by atoms with Gasteiger partial charge in [-0.1, -0.05) is 5.92 Å². The van der Waals surface area contributed by atoms with Gasteiger partial charge in [0.1, 0.15) is 11.4 Å². The number of nitrogens with one attached hydrogen (secondary N) is 1. The Hall–Kier alpha value is -2.02. The van der Waals surface area contributed by atoms with Gasteiger partial charge in [-0.2, -0.15) is 0 Å². The van der Waals surface area contributed by atoms with E-state index in [1.54, 1.807) is 13.0 Å². The molecule has 1 aliphatic rings. The lowest BCUT2D eigenvalue weighted by Gasteiger charge is -2.08. The third-order valence-corrected chi connectivity index (χ3v) is 2.80. The molecule has 0 saturated heterocycles. The molecule has 17 heavy (non-hydrogen) atoms. The summed E-state index contributed by atoms with van der Waals surface area (Å²) in [6, 6.07) is 1.74. The average Bonchev–Trinajstić information content (AvgIpc) is 2.75. The fraction of sp³-hybridized carbons (Fsp3) is 0.385. The maximum atomic E-state index is 11.1. The fourth-order valence-electron chi connectivity index (χ4n) is 1.99. The Morgan fingerprint density at radius 1 is 1.59 bits per heavy atom. The molecule has 0 atom stereocenters. The van der Waals surface area contributed by atoms with E-state index >= 15 is 0 Å². The van der Waals surface area contributed by atoms with Gasteiger partial charge in [-0.15, -0.1) is 5.92 Å². The van der Waals surface area contributed by atoms with Crippen LogP contribution in [0.3, 0.4) is 0 Å². The highest BCUT2D eigenvalue weighted by Crippen LogP contribution is 2.25. The molecule has 88 valence electrons. The summed E-state index contributed by atoms with van der Waals surface area (Å²) >= 11 is 0. The van der Waals surface area contributed by atoms with Gasteiger partial charge in [0, 0.05) is 5.69 Å². The van der Waals surface area contributed by atoms with E-state index in [4.69, 9.17) is 5.11 Å². The Morgan fingerprint density at radius 3 is 3.12 bits per heavy atom. The van der Waals surface area contributed by atoms with Crippen LogP contribution in [0.25, 0.3) is 0 Å². The Bertz CT molecular complexity index is 512. The second-order valence-electron chi connectivity index (χ2n) is 3.93. The van der Waals surface area contributed by atoms with Crippen LogP contribution in [0.2, 0.25) is 0 Å². The summed E-state index contributed by atoms with van der Waals surface area (Å²) in [7, 11) is 0. The fourth-order valence-corrected chi connectivity index (χ4v) is 1.99. The number of hydrogen-bond donors (Lipinski definition) is 2. The van der Waals surface area contributed by atoms with Gasteiger partial charge in [-0.25, -0.2) is 9.78 Å². The van der Waals surface area contributed by atoms with Crippen LogP contribution in [-0.2, 0) is 12.8 Å². The van der Waals surface area contributed by atoms with Crippen molar-refractivity contribution in [2.45, 2.75) is 26.2 Å². The van der Waals surface area contributed by atoms with Crippen LogP contribution in [0, 0.1) is 11.8 Å². The Kier molecular flexibility index (Phi) is 3.29. The highest BCUT2D eigenvalue weighted by atomic mass is 16.4. The summed E-state index contributed by atoms with van der Waals surface area (Å²) in [6.07, 6.45) is 2.92. The third kappa shape index (κ3) is 2.39. The molecule has 2 N–H and O–H groups in total. The first-order chi connectivity index (χ1) is 8.22. The van der Waals surface area contributed by atoms with Gasteiger partial charge in [0.25, 0.3) is 0 Å². The van der Waals surface area contributed by atoms with Crippen molar-refractivity contribution in [1.82, 2.24) is 4.98 Å². The van der Waals surface area contributed by atoms with Gasteiger partial charge in [-0.05, 0) is 37.8 Å². The molecule has 0 spiro atoms. The molecular formula is C13H14N2O2. The molecule has 1 aromatic heterocycles. The zero-order valence-corrected chi connectivity index (χ0v) is 9.71. The van der Waals surface area contributed by atoms with Gasteiger partial charge in [0.2, 0.25) is 0 Å². The number of carbonyl (C=O) groups is 1. The molecular weight excluding hydrogens is 216 g/mol. The van der Waals surface area contributed by atoms with Crippen molar-refractivity contribution in [3.05, 3.63) is 22.9 Å².